The molecule has 0 N–H and O–H groups in total. The molecule has 5 aromatic rings. The predicted molar refractivity (Wildman–Crippen MR) is 159 cm³/mol. The molecular weight excluding hydrogens is 595 g/mol. The van der Waals surface area contributed by atoms with E-state index in [0.29, 0.717) is 11.3 Å². The summed E-state index contributed by atoms with van der Waals surface area (Å²) in [7, 11) is 0. The summed E-state index contributed by atoms with van der Waals surface area (Å²) in [5, 5.41) is 5.39. The zero-order valence-electron chi connectivity index (χ0n) is 23.2. The summed E-state index contributed by atoms with van der Waals surface area (Å²) in [4.78, 5) is 0. The Bertz CT molecular complexity index is 1210. The number of fused-ring (bicyclic) bond motifs is 3. The average molecular weight is 631 g/mol. The van der Waals surface area contributed by atoms with Gasteiger partial charge in [0.25, 0.3) is 0 Å². The summed E-state index contributed by atoms with van der Waals surface area (Å²) < 4.78 is 3.34. The molecule has 0 amide bonds. The van der Waals surface area contributed by atoms with Gasteiger partial charge in [0.1, 0.15) is 0 Å². The van der Waals surface area contributed by atoms with Crippen molar-refractivity contribution in [1.29, 1.82) is 0 Å². The second-order valence-corrected chi connectivity index (χ2v) is 9.45. The van der Waals surface area contributed by atoms with Crippen LogP contribution in [0, 0.1) is 29.5 Å². The third-order valence-electron chi connectivity index (χ3n) is 5.53. The molecule has 202 valence electrons. The van der Waals surface area contributed by atoms with Gasteiger partial charge in [0, 0.05) is 0 Å². The Labute approximate surface area is 263 Å². The number of allylic oxidation sites excluding steroid dienone is 4. The molecule has 0 fully saturated rings. The molecule has 0 aliphatic heterocycles. The molecule has 0 nitrogen and oxygen atoms in total. The summed E-state index contributed by atoms with van der Waals surface area (Å²) in [6.07, 6.45) is 7.65. The molecule has 1 atom stereocenters. The van der Waals surface area contributed by atoms with Crippen LogP contribution in [0.15, 0.2) is 133 Å². The maximum atomic E-state index is 3.34. The molecule has 39 heavy (non-hydrogen) atoms. The summed E-state index contributed by atoms with van der Waals surface area (Å²) in [5.74, 6) is 0.522. The summed E-state index contributed by atoms with van der Waals surface area (Å²) >= 11 is 1.30. The largest absolute Gasteiger partial charge is 1.00 e. The molecule has 1 unspecified atom stereocenters. The topological polar surface area (TPSA) is 0 Å². The molecule has 3 heteroatoms. The van der Waals surface area contributed by atoms with Crippen LogP contribution in [-0.2, 0) is 24.2 Å². The zero-order valence-corrected chi connectivity index (χ0v) is 27.1. The van der Waals surface area contributed by atoms with Crippen molar-refractivity contribution in [2.24, 2.45) is 11.3 Å². The minimum Gasteiger partial charge on any atom is -1.00 e. The Morgan fingerprint density at radius 1 is 0.667 bits per heavy atom. The van der Waals surface area contributed by atoms with Gasteiger partial charge in [-0.25, -0.2) is 6.08 Å². The number of hydrogen-bond donors (Lipinski definition) is 0. The smallest absolute Gasteiger partial charge is 0.0771 e. The average Bonchev–Trinajstić information content (AvgIpc) is 3.57. The van der Waals surface area contributed by atoms with E-state index >= 15 is 0 Å². The molecule has 5 aromatic carbocycles. The molecule has 0 radical (unpaired) electrons. The normalized spacial score (nSPS) is 12.8. The second kappa shape index (κ2) is 20.5. The summed E-state index contributed by atoms with van der Waals surface area (Å²) in [6, 6.07) is 44.3. The van der Waals surface area contributed by atoms with Crippen molar-refractivity contribution in [1.82, 2.24) is 0 Å². The predicted octanol–water partition coefficient (Wildman–Crippen LogP) is 3.63. The standard InChI is InChI=1S/C13H9.C10H15.2C6H5.CH2.2ClH.Zr/c1-3-7-12-10(5-1)9-11-6-2-4-8-13(11)12;1-8-5-6-9(7-8)10(2,3)4;2*1-2-4-6-5-3-1;;;;/h1-9H;6-8H,1-4H3;2*1-5H;1H2;2*1H;/q4*-1;;;;+2/p-2. The molecule has 6 rings (SSSR count). The minimum absolute atomic E-state index is 0. The third-order valence-corrected chi connectivity index (χ3v) is 5.53. The van der Waals surface area contributed by atoms with E-state index in [0.717, 1.165) is 0 Å². The van der Waals surface area contributed by atoms with Crippen LogP contribution < -0.4 is 24.8 Å². The quantitative estimate of drug-likeness (QED) is 0.230. The molecular formula is C36H36Cl2Zr-4. The minimum atomic E-state index is 0. The van der Waals surface area contributed by atoms with Gasteiger partial charge in [0.2, 0.25) is 0 Å². The van der Waals surface area contributed by atoms with Crippen LogP contribution in [-0.4, -0.2) is 4.21 Å². The zero-order chi connectivity index (χ0) is 26.9. The Balaban J connectivity index is 0.000000499. The van der Waals surface area contributed by atoms with Gasteiger partial charge >= 0.3 is 28.4 Å². The monoisotopic (exact) mass is 628 g/mol. The van der Waals surface area contributed by atoms with Crippen molar-refractivity contribution >= 4 is 25.8 Å². The van der Waals surface area contributed by atoms with Gasteiger partial charge in [0.05, 0.1) is 0 Å². The van der Waals surface area contributed by atoms with E-state index in [-0.39, 0.29) is 24.8 Å². The van der Waals surface area contributed by atoms with Crippen LogP contribution in [0.5, 0.6) is 0 Å². The molecule has 1 aliphatic rings. The maximum Gasteiger partial charge on any atom is -0.0771 e. The maximum absolute atomic E-state index is 3.34. The number of benzene rings is 4. The SMILES string of the molecule is CC1[C-]=CC(C(C)(C)C)=C1.[CH2]=[Zr+2].[Cl-].[Cl-].[c-]1ccccc1.[c-]1ccccc1.c1ccc2c(c1)[cH-]c1ccccc12. The third kappa shape index (κ3) is 13.5. The van der Waals surface area contributed by atoms with E-state index in [2.05, 4.69) is 117 Å². The number of halogens is 2. The van der Waals surface area contributed by atoms with Gasteiger partial charge < -0.3 is 24.8 Å². The van der Waals surface area contributed by atoms with Crippen molar-refractivity contribution in [2.75, 3.05) is 0 Å². The fraction of sp³-hybridized carbons (Fsp3) is 0.167. The first-order valence-electron chi connectivity index (χ1n) is 12.5. The molecule has 0 heterocycles. The Kier molecular flexibility index (Phi) is 19.2. The molecule has 0 saturated carbocycles. The van der Waals surface area contributed by atoms with Crippen LogP contribution in [0.4, 0.5) is 0 Å². The van der Waals surface area contributed by atoms with Gasteiger partial charge in [0.15, 0.2) is 0 Å². The van der Waals surface area contributed by atoms with E-state index in [9.17, 15) is 0 Å². The van der Waals surface area contributed by atoms with E-state index < -0.39 is 0 Å². The van der Waals surface area contributed by atoms with Gasteiger partial charge in [-0.3, -0.25) is 6.08 Å². The molecule has 1 aliphatic carbocycles. The van der Waals surface area contributed by atoms with E-state index in [1.165, 1.54) is 51.4 Å². The molecule has 0 bridgehead atoms. The first kappa shape index (κ1) is 36.6. The first-order chi connectivity index (χ1) is 17.9. The van der Waals surface area contributed by atoms with E-state index in [1.807, 2.05) is 60.7 Å². The van der Waals surface area contributed by atoms with Gasteiger partial charge in [-0.05, 0) is 0 Å². The Hall–Kier alpha value is -2.44. The molecule has 0 aromatic heterocycles. The van der Waals surface area contributed by atoms with Crippen LogP contribution >= 0.6 is 0 Å². The number of hydrogen-bond acceptors (Lipinski definition) is 0. The Morgan fingerprint density at radius 3 is 1.33 bits per heavy atom. The van der Waals surface area contributed by atoms with Crippen molar-refractivity contribution in [2.45, 2.75) is 27.7 Å². The fourth-order valence-corrected chi connectivity index (χ4v) is 3.64. The van der Waals surface area contributed by atoms with Crippen molar-refractivity contribution in [3.8, 4) is 0 Å². The van der Waals surface area contributed by atoms with Gasteiger partial charge in [-0.2, -0.15) is 84.4 Å². The van der Waals surface area contributed by atoms with Crippen LogP contribution in [0.1, 0.15) is 27.7 Å². The van der Waals surface area contributed by atoms with Crippen molar-refractivity contribution < 1.29 is 49.0 Å². The summed E-state index contributed by atoms with van der Waals surface area (Å²) in [5.41, 5.74) is 1.72. The van der Waals surface area contributed by atoms with Crippen LogP contribution in [0.3, 0.4) is 0 Å². The van der Waals surface area contributed by atoms with Crippen molar-refractivity contribution in [3.63, 3.8) is 0 Å². The first-order valence-corrected chi connectivity index (χ1v) is 14.2. The number of rotatable bonds is 0. The Morgan fingerprint density at radius 2 is 1.08 bits per heavy atom. The van der Waals surface area contributed by atoms with E-state index in [1.54, 1.807) is 0 Å². The molecule has 0 saturated heterocycles. The second-order valence-electron chi connectivity index (χ2n) is 9.45. The summed E-state index contributed by atoms with van der Waals surface area (Å²) in [6.45, 7) is 8.86. The molecule has 0 spiro atoms. The van der Waals surface area contributed by atoms with Gasteiger partial charge in [-0.15, -0.1) is 39.7 Å². The van der Waals surface area contributed by atoms with E-state index in [4.69, 9.17) is 0 Å². The van der Waals surface area contributed by atoms with Crippen molar-refractivity contribution in [3.05, 3.63) is 151 Å². The fourth-order valence-electron chi connectivity index (χ4n) is 3.64. The van der Waals surface area contributed by atoms with Crippen LogP contribution in [0.25, 0.3) is 21.5 Å². The van der Waals surface area contributed by atoms with Gasteiger partial charge in [-0.1, -0.05) is 75.4 Å². The van der Waals surface area contributed by atoms with Crippen LogP contribution in [0.2, 0.25) is 0 Å².